The van der Waals surface area contributed by atoms with Crippen LogP contribution < -0.4 is 11.1 Å². The summed E-state index contributed by atoms with van der Waals surface area (Å²) < 4.78 is 2.37. The van der Waals surface area contributed by atoms with Gasteiger partial charge < -0.3 is 15.6 Å². The Hall–Kier alpha value is -2.07. The van der Waals surface area contributed by atoms with Crippen LogP contribution in [0.1, 0.15) is 71.5 Å². The number of hydrogen-bond acceptors (Lipinski definition) is 2. The molecule has 1 unspecified atom stereocenters. The maximum absolute atomic E-state index is 12.7. The topological polar surface area (TPSA) is 60.1 Å². The van der Waals surface area contributed by atoms with Gasteiger partial charge >= 0.3 is 0 Å². The van der Waals surface area contributed by atoms with E-state index in [2.05, 4.69) is 23.7 Å². The van der Waals surface area contributed by atoms with Gasteiger partial charge in [-0.05, 0) is 38.3 Å². The van der Waals surface area contributed by atoms with Gasteiger partial charge in [0.25, 0.3) is 5.91 Å². The summed E-state index contributed by atoms with van der Waals surface area (Å²) >= 11 is 0. The molecule has 3 rings (SSSR count). The summed E-state index contributed by atoms with van der Waals surface area (Å²) in [6.45, 7) is 4.61. The summed E-state index contributed by atoms with van der Waals surface area (Å²) in [5.74, 6) is -0.0264. The van der Waals surface area contributed by atoms with Crippen molar-refractivity contribution in [1.29, 1.82) is 0 Å². The molecule has 1 aromatic carbocycles. The predicted molar refractivity (Wildman–Crippen MR) is 102 cm³/mol. The lowest BCUT2D eigenvalue weighted by Gasteiger charge is -2.26. The highest BCUT2D eigenvalue weighted by Crippen LogP contribution is 2.32. The van der Waals surface area contributed by atoms with E-state index < -0.39 is 0 Å². The van der Waals surface area contributed by atoms with Crippen molar-refractivity contribution in [3.63, 3.8) is 0 Å². The van der Waals surface area contributed by atoms with Gasteiger partial charge in [0.05, 0.1) is 5.56 Å². The van der Waals surface area contributed by atoms with Crippen molar-refractivity contribution in [1.82, 2.24) is 9.88 Å². The molecule has 0 bridgehead atoms. The maximum Gasteiger partial charge on any atom is 0.253 e. The summed E-state index contributed by atoms with van der Waals surface area (Å²) in [7, 11) is 0. The van der Waals surface area contributed by atoms with Crippen molar-refractivity contribution in [3.05, 3.63) is 58.9 Å². The van der Waals surface area contributed by atoms with Gasteiger partial charge in [-0.1, -0.05) is 49.6 Å². The summed E-state index contributed by atoms with van der Waals surface area (Å²) in [5, 5.41) is 3.00. The Bertz CT molecular complexity index is 714. The molecule has 1 aliphatic rings. The average Bonchev–Trinajstić information content (AvgIpc) is 2.95. The number of aryl methyl sites for hydroxylation is 1. The first-order valence-electron chi connectivity index (χ1n) is 9.35. The normalized spacial score (nSPS) is 16.6. The summed E-state index contributed by atoms with van der Waals surface area (Å²) in [4.78, 5) is 12.7. The Morgan fingerprint density at radius 3 is 2.56 bits per heavy atom. The number of rotatable bonds is 5. The van der Waals surface area contributed by atoms with E-state index in [0.29, 0.717) is 12.6 Å². The zero-order valence-corrected chi connectivity index (χ0v) is 15.3. The molecule has 3 N–H and O–H groups in total. The van der Waals surface area contributed by atoms with Gasteiger partial charge in [-0.25, -0.2) is 0 Å². The molecule has 134 valence electrons. The van der Waals surface area contributed by atoms with E-state index >= 15 is 0 Å². The van der Waals surface area contributed by atoms with Gasteiger partial charge in [0.1, 0.15) is 0 Å². The Kier molecular flexibility index (Phi) is 5.59. The van der Waals surface area contributed by atoms with Crippen LogP contribution in [-0.4, -0.2) is 17.0 Å². The number of amides is 1. The smallest absolute Gasteiger partial charge is 0.253 e. The van der Waals surface area contributed by atoms with Gasteiger partial charge in [-0.3, -0.25) is 4.79 Å². The minimum absolute atomic E-state index is 0.0264. The molecule has 4 nitrogen and oxygen atoms in total. The van der Waals surface area contributed by atoms with Crippen LogP contribution in [-0.2, 0) is 0 Å². The van der Waals surface area contributed by atoms with Crippen LogP contribution in [0.4, 0.5) is 0 Å². The van der Waals surface area contributed by atoms with Crippen LogP contribution in [0.15, 0.2) is 36.4 Å². The first-order chi connectivity index (χ1) is 12.1. The molecule has 1 amide bonds. The summed E-state index contributed by atoms with van der Waals surface area (Å²) in [5.41, 5.74) is 10.3. The van der Waals surface area contributed by atoms with Gasteiger partial charge in [-0.2, -0.15) is 0 Å². The second kappa shape index (κ2) is 7.87. The van der Waals surface area contributed by atoms with E-state index in [1.54, 1.807) is 0 Å². The van der Waals surface area contributed by atoms with Gasteiger partial charge in [-0.15, -0.1) is 0 Å². The molecule has 0 radical (unpaired) electrons. The van der Waals surface area contributed by atoms with Crippen molar-refractivity contribution < 1.29 is 4.79 Å². The first kappa shape index (κ1) is 17.7. The maximum atomic E-state index is 12.7. The van der Waals surface area contributed by atoms with Crippen molar-refractivity contribution >= 4 is 5.91 Å². The average molecular weight is 339 g/mol. The van der Waals surface area contributed by atoms with Crippen LogP contribution in [0.25, 0.3) is 0 Å². The lowest BCUT2D eigenvalue weighted by Crippen LogP contribution is -2.32. The Morgan fingerprint density at radius 1 is 1.20 bits per heavy atom. The lowest BCUT2D eigenvalue weighted by atomic mass is 9.95. The van der Waals surface area contributed by atoms with E-state index in [1.807, 2.05) is 36.4 Å². The quantitative estimate of drug-likeness (QED) is 0.863. The molecule has 2 aromatic rings. The third-order valence-corrected chi connectivity index (χ3v) is 5.38. The van der Waals surface area contributed by atoms with E-state index in [0.717, 1.165) is 16.8 Å². The molecule has 0 saturated heterocycles. The molecule has 1 heterocycles. The molecule has 1 atom stereocenters. The highest BCUT2D eigenvalue weighted by Gasteiger charge is 2.22. The summed E-state index contributed by atoms with van der Waals surface area (Å²) in [6.07, 6.45) is 6.34. The minimum atomic E-state index is -0.188. The highest BCUT2D eigenvalue weighted by molar-refractivity contribution is 5.95. The van der Waals surface area contributed by atoms with Crippen molar-refractivity contribution in [2.75, 3.05) is 6.54 Å². The number of nitrogens with zero attached hydrogens (tertiary/aromatic N) is 1. The SMILES string of the molecule is Cc1cc(C(=O)NCC(N)c2ccccc2)c(C)n1C1CCCCC1. The number of carbonyl (C=O) groups is 1. The molecule has 4 heteroatoms. The standard InChI is InChI=1S/C21H29N3O/c1-15-13-19(16(2)24(15)18-11-7-4-8-12-18)21(25)23-14-20(22)17-9-5-3-6-10-17/h3,5-6,9-10,13,18,20H,4,7-8,11-12,14,22H2,1-2H3,(H,23,25). The fourth-order valence-electron chi connectivity index (χ4n) is 4.02. The number of nitrogens with two attached hydrogens (primary N) is 1. The number of aromatic nitrogens is 1. The molecular formula is C21H29N3O. The van der Waals surface area contributed by atoms with Gasteiger partial charge in [0.15, 0.2) is 0 Å². The monoisotopic (exact) mass is 339 g/mol. The second-order valence-electron chi connectivity index (χ2n) is 7.17. The first-order valence-corrected chi connectivity index (χ1v) is 9.35. The van der Waals surface area contributed by atoms with Crippen molar-refractivity contribution in [2.45, 2.75) is 58.0 Å². The molecule has 1 fully saturated rings. The fraction of sp³-hybridized carbons (Fsp3) is 0.476. The van der Waals surface area contributed by atoms with E-state index in [9.17, 15) is 4.79 Å². The molecule has 0 aliphatic heterocycles. The van der Waals surface area contributed by atoms with Gasteiger partial charge in [0.2, 0.25) is 0 Å². The Labute approximate surface area is 150 Å². The van der Waals surface area contributed by atoms with Crippen LogP contribution in [0.5, 0.6) is 0 Å². The zero-order chi connectivity index (χ0) is 17.8. The Morgan fingerprint density at radius 2 is 1.88 bits per heavy atom. The molecule has 0 spiro atoms. The van der Waals surface area contributed by atoms with Crippen LogP contribution in [0, 0.1) is 13.8 Å². The lowest BCUT2D eigenvalue weighted by molar-refractivity contribution is 0.0950. The van der Waals surface area contributed by atoms with E-state index in [1.165, 1.54) is 37.8 Å². The van der Waals surface area contributed by atoms with E-state index in [4.69, 9.17) is 5.73 Å². The van der Waals surface area contributed by atoms with Crippen LogP contribution >= 0.6 is 0 Å². The number of nitrogens with one attached hydrogen (secondary N) is 1. The van der Waals surface area contributed by atoms with E-state index in [-0.39, 0.29) is 11.9 Å². The predicted octanol–water partition coefficient (Wildman–Crippen LogP) is 4.04. The molecule has 25 heavy (non-hydrogen) atoms. The number of hydrogen-bond donors (Lipinski definition) is 2. The zero-order valence-electron chi connectivity index (χ0n) is 15.3. The van der Waals surface area contributed by atoms with Gasteiger partial charge in [0, 0.05) is 30.0 Å². The Balaban J connectivity index is 1.68. The van der Waals surface area contributed by atoms with Crippen LogP contribution in [0.3, 0.4) is 0 Å². The third kappa shape index (κ3) is 3.96. The number of carbonyl (C=O) groups excluding carboxylic acids is 1. The van der Waals surface area contributed by atoms with Crippen LogP contribution in [0.2, 0.25) is 0 Å². The fourth-order valence-corrected chi connectivity index (χ4v) is 4.02. The minimum Gasteiger partial charge on any atom is -0.350 e. The summed E-state index contributed by atoms with van der Waals surface area (Å²) in [6, 6.07) is 12.3. The third-order valence-electron chi connectivity index (χ3n) is 5.38. The van der Waals surface area contributed by atoms with Crippen molar-refractivity contribution in [3.8, 4) is 0 Å². The highest BCUT2D eigenvalue weighted by atomic mass is 16.1. The molecule has 1 saturated carbocycles. The molecule has 1 aromatic heterocycles. The largest absolute Gasteiger partial charge is 0.350 e. The van der Waals surface area contributed by atoms with Crippen molar-refractivity contribution in [2.24, 2.45) is 5.73 Å². The molecule has 1 aliphatic carbocycles. The molecular weight excluding hydrogens is 310 g/mol. The second-order valence-corrected chi connectivity index (χ2v) is 7.17. The number of benzene rings is 1.